The number of hydrogen-bond acceptors (Lipinski definition) is 5. The van der Waals surface area contributed by atoms with Gasteiger partial charge in [0.15, 0.2) is 9.84 Å². The molecule has 132 valence electrons. The Labute approximate surface area is 145 Å². The van der Waals surface area contributed by atoms with Crippen LogP contribution in [0.15, 0.2) is 59.5 Å². The van der Waals surface area contributed by atoms with Crippen molar-refractivity contribution in [2.45, 2.75) is 28.5 Å². The van der Waals surface area contributed by atoms with Crippen molar-refractivity contribution in [2.24, 2.45) is 5.73 Å². The zero-order valence-corrected chi connectivity index (χ0v) is 14.4. The molecule has 0 amide bonds. The fraction of sp³-hybridized carbons (Fsp3) is 0.278. The molecule has 0 saturated heterocycles. The highest BCUT2D eigenvalue weighted by Gasteiger charge is 2.74. The van der Waals surface area contributed by atoms with Crippen molar-refractivity contribution >= 4 is 15.8 Å². The normalized spacial score (nSPS) is 25.4. The van der Waals surface area contributed by atoms with E-state index in [9.17, 15) is 17.6 Å². The van der Waals surface area contributed by atoms with Crippen LogP contribution in [-0.2, 0) is 19.4 Å². The quantitative estimate of drug-likeness (QED) is 0.822. The van der Waals surface area contributed by atoms with E-state index >= 15 is 0 Å². The van der Waals surface area contributed by atoms with E-state index < -0.39 is 38.3 Å². The topological polar surface area (TPSA) is 86.5 Å². The third kappa shape index (κ3) is 2.83. The maximum Gasteiger partial charge on any atom is 0.328 e. The molecule has 2 aromatic rings. The van der Waals surface area contributed by atoms with E-state index in [0.717, 1.165) is 0 Å². The maximum absolute atomic E-state index is 13.6. The summed E-state index contributed by atoms with van der Waals surface area (Å²) in [5, 5.41) is -1.21. The Morgan fingerprint density at radius 3 is 2.48 bits per heavy atom. The smallest absolute Gasteiger partial charge is 0.328 e. The van der Waals surface area contributed by atoms with E-state index in [2.05, 4.69) is 0 Å². The van der Waals surface area contributed by atoms with Crippen molar-refractivity contribution in [3.63, 3.8) is 0 Å². The van der Waals surface area contributed by atoms with Gasteiger partial charge in [-0.05, 0) is 36.8 Å². The standard InChI is InChI=1S/C18H18FNO4S/c1-2-24-17(21)18(20)15(12-7-6-8-13(19)11-12)16(18)25(22,23)14-9-4-3-5-10-14/h3-11,15-16H,2,20H2,1H3/t15-,16-,18+/m0/s1. The number of sulfone groups is 1. The Morgan fingerprint density at radius 2 is 1.88 bits per heavy atom. The minimum Gasteiger partial charge on any atom is -0.465 e. The summed E-state index contributed by atoms with van der Waals surface area (Å²) >= 11 is 0. The molecule has 1 fully saturated rings. The summed E-state index contributed by atoms with van der Waals surface area (Å²) < 4.78 is 44.6. The number of rotatable bonds is 5. The lowest BCUT2D eigenvalue weighted by Gasteiger charge is -2.11. The molecule has 25 heavy (non-hydrogen) atoms. The van der Waals surface area contributed by atoms with Crippen molar-refractivity contribution < 1.29 is 22.3 Å². The Kier molecular flexibility index (Phi) is 4.38. The van der Waals surface area contributed by atoms with E-state index in [-0.39, 0.29) is 11.5 Å². The van der Waals surface area contributed by atoms with Gasteiger partial charge in [0.25, 0.3) is 0 Å². The molecule has 3 rings (SSSR count). The van der Waals surface area contributed by atoms with E-state index in [4.69, 9.17) is 10.5 Å². The Balaban J connectivity index is 2.08. The Morgan fingerprint density at radius 1 is 1.20 bits per heavy atom. The molecule has 0 bridgehead atoms. The molecule has 0 aliphatic heterocycles. The summed E-state index contributed by atoms with van der Waals surface area (Å²) in [5.74, 6) is -2.19. The first kappa shape index (κ1) is 17.6. The second-order valence-corrected chi connectivity index (χ2v) is 8.03. The van der Waals surface area contributed by atoms with Gasteiger partial charge in [-0.1, -0.05) is 30.3 Å². The van der Waals surface area contributed by atoms with Crippen LogP contribution in [0.2, 0.25) is 0 Å². The predicted octanol–water partition coefficient (Wildman–Crippen LogP) is 2.03. The third-order valence-corrected chi connectivity index (χ3v) is 6.68. The molecule has 1 saturated carbocycles. The SMILES string of the molecule is CCOC(=O)[C@@]1(N)[C@@H](c2cccc(F)c2)[C@@H]1S(=O)(=O)c1ccccc1. The van der Waals surface area contributed by atoms with Gasteiger partial charge >= 0.3 is 5.97 Å². The fourth-order valence-corrected chi connectivity index (χ4v) is 5.46. The highest BCUT2D eigenvalue weighted by molar-refractivity contribution is 7.92. The summed E-state index contributed by atoms with van der Waals surface area (Å²) in [5.41, 5.74) is 4.82. The third-order valence-electron chi connectivity index (χ3n) is 4.42. The highest BCUT2D eigenvalue weighted by Crippen LogP contribution is 2.56. The van der Waals surface area contributed by atoms with Crippen molar-refractivity contribution in [1.82, 2.24) is 0 Å². The van der Waals surface area contributed by atoms with Crippen LogP contribution >= 0.6 is 0 Å². The molecule has 0 heterocycles. The second kappa shape index (κ2) is 6.24. The van der Waals surface area contributed by atoms with Crippen molar-refractivity contribution in [1.29, 1.82) is 0 Å². The summed E-state index contributed by atoms with van der Waals surface area (Å²) in [6, 6.07) is 13.2. The van der Waals surface area contributed by atoms with Crippen LogP contribution in [0, 0.1) is 5.82 Å². The number of carbonyl (C=O) groups excluding carboxylic acids is 1. The summed E-state index contributed by atoms with van der Waals surface area (Å²) in [4.78, 5) is 12.4. The van der Waals surface area contributed by atoms with Gasteiger partial charge in [-0.15, -0.1) is 0 Å². The molecule has 0 spiro atoms. The van der Waals surface area contributed by atoms with Crippen LogP contribution in [0.3, 0.4) is 0 Å². The lowest BCUT2D eigenvalue weighted by Crippen LogP contribution is -2.41. The lowest BCUT2D eigenvalue weighted by atomic mass is 10.1. The van der Waals surface area contributed by atoms with Crippen LogP contribution in [0.1, 0.15) is 18.4 Å². The molecule has 1 aliphatic rings. The van der Waals surface area contributed by atoms with Gasteiger partial charge in [0, 0.05) is 5.92 Å². The Hall–Kier alpha value is -2.25. The number of halogens is 1. The van der Waals surface area contributed by atoms with Gasteiger partial charge in [-0.25, -0.2) is 17.6 Å². The molecule has 3 atom stereocenters. The Bertz CT molecular complexity index is 900. The van der Waals surface area contributed by atoms with Crippen LogP contribution in [-0.4, -0.2) is 31.8 Å². The maximum atomic E-state index is 13.6. The minimum absolute atomic E-state index is 0.0676. The molecular formula is C18H18FNO4S. The predicted molar refractivity (Wildman–Crippen MR) is 90.1 cm³/mol. The van der Waals surface area contributed by atoms with Gasteiger partial charge in [-0.2, -0.15) is 0 Å². The van der Waals surface area contributed by atoms with E-state index in [1.807, 2.05) is 0 Å². The van der Waals surface area contributed by atoms with Crippen LogP contribution in [0.4, 0.5) is 4.39 Å². The van der Waals surface area contributed by atoms with Gasteiger partial charge in [0.1, 0.15) is 16.6 Å². The second-order valence-electron chi connectivity index (χ2n) is 5.96. The molecule has 2 aromatic carbocycles. The average molecular weight is 363 g/mol. The summed E-state index contributed by atoms with van der Waals surface area (Å²) in [6.45, 7) is 1.69. The number of ether oxygens (including phenoxy) is 1. The van der Waals surface area contributed by atoms with Crippen molar-refractivity contribution in [3.05, 3.63) is 66.0 Å². The monoisotopic (exact) mass is 363 g/mol. The minimum atomic E-state index is -3.90. The number of hydrogen-bond donors (Lipinski definition) is 1. The van der Waals surface area contributed by atoms with Crippen LogP contribution < -0.4 is 5.73 Å². The number of benzene rings is 2. The number of nitrogens with two attached hydrogens (primary N) is 1. The molecule has 7 heteroatoms. The molecule has 0 unspecified atom stereocenters. The van der Waals surface area contributed by atoms with E-state index in [0.29, 0.717) is 5.56 Å². The molecule has 1 aliphatic carbocycles. The fourth-order valence-electron chi connectivity index (χ4n) is 3.22. The first-order chi connectivity index (χ1) is 11.8. The van der Waals surface area contributed by atoms with E-state index in [1.165, 1.54) is 30.3 Å². The zero-order valence-electron chi connectivity index (χ0n) is 13.6. The number of carbonyl (C=O) groups is 1. The van der Waals surface area contributed by atoms with Gasteiger partial charge in [0.05, 0.1) is 11.5 Å². The van der Waals surface area contributed by atoms with Crippen molar-refractivity contribution in [3.8, 4) is 0 Å². The van der Waals surface area contributed by atoms with Gasteiger partial charge < -0.3 is 10.5 Å². The largest absolute Gasteiger partial charge is 0.465 e. The zero-order chi connectivity index (χ0) is 18.2. The summed E-state index contributed by atoms with van der Waals surface area (Å²) in [6.07, 6.45) is 0. The summed E-state index contributed by atoms with van der Waals surface area (Å²) in [7, 11) is -3.90. The van der Waals surface area contributed by atoms with Gasteiger partial charge in [0.2, 0.25) is 0 Å². The average Bonchev–Trinajstić information content (AvgIpc) is 3.24. The first-order valence-electron chi connectivity index (χ1n) is 7.84. The van der Waals surface area contributed by atoms with Crippen molar-refractivity contribution in [2.75, 3.05) is 6.61 Å². The first-order valence-corrected chi connectivity index (χ1v) is 9.38. The van der Waals surface area contributed by atoms with Crippen LogP contribution in [0.25, 0.3) is 0 Å². The molecule has 0 radical (unpaired) electrons. The number of esters is 1. The highest BCUT2D eigenvalue weighted by atomic mass is 32.2. The lowest BCUT2D eigenvalue weighted by molar-refractivity contribution is -0.145. The molecule has 5 nitrogen and oxygen atoms in total. The molecular weight excluding hydrogens is 345 g/mol. The van der Waals surface area contributed by atoms with Crippen LogP contribution in [0.5, 0.6) is 0 Å². The molecule has 2 N–H and O–H groups in total. The van der Waals surface area contributed by atoms with Gasteiger partial charge in [-0.3, -0.25) is 0 Å². The molecule has 0 aromatic heterocycles. The van der Waals surface area contributed by atoms with E-state index in [1.54, 1.807) is 31.2 Å².